The van der Waals surface area contributed by atoms with Crippen molar-refractivity contribution in [1.29, 1.82) is 0 Å². The number of carbonyl (C=O) groups excluding carboxylic acids is 2. The summed E-state index contributed by atoms with van der Waals surface area (Å²) in [5, 5.41) is 0. The predicted octanol–water partition coefficient (Wildman–Crippen LogP) is 8.46. The molecule has 5 aliphatic carbocycles. The fourth-order valence-electron chi connectivity index (χ4n) is 12.5. The number of ether oxygens (including phenoxy) is 2. The lowest BCUT2D eigenvalue weighted by Crippen LogP contribution is -2.66. The maximum atomic E-state index is 14.2. The lowest BCUT2D eigenvalue weighted by Gasteiger charge is -2.72. The number of benzene rings is 1. The monoisotopic (exact) mass is 612 g/mol. The molecule has 6 heteroatoms. The number of rotatable bonds is 3. The van der Waals surface area contributed by atoms with Crippen molar-refractivity contribution in [1.82, 2.24) is 9.97 Å². The fraction of sp³-hybridized carbons (Fsp3) is 0.692. The highest BCUT2D eigenvalue weighted by molar-refractivity contribution is 5.98. The maximum absolute atomic E-state index is 14.2. The van der Waals surface area contributed by atoms with Crippen molar-refractivity contribution in [3.8, 4) is 0 Å². The molecule has 0 aliphatic heterocycles. The van der Waals surface area contributed by atoms with E-state index in [1.165, 1.54) is 18.3 Å². The first kappa shape index (κ1) is 30.9. The first-order chi connectivity index (χ1) is 21.2. The zero-order valence-electron chi connectivity index (χ0n) is 28.9. The van der Waals surface area contributed by atoms with Crippen LogP contribution in [0.5, 0.6) is 0 Å². The topological polar surface area (TPSA) is 78.4 Å². The second-order valence-electron chi connectivity index (χ2n) is 16.9. The van der Waals surface area contributed by atoms with E-state index >= 15 is 0 Å². The molecule has 2 aromatic rings. The van der Waals surface area contributed by atoms with Crippen LogP contribution in [0.1, 0.15) is 118 Å². The molecule has 4 fully saturated rings. The lowest BCUT2D eigenvalue weighted by atomic mass is 9.33. The number of hydrogen-bond donors (Lipinski definition) is 0. The van der Waals surface area contributed by atoms with Gasteiger partial charge >= 0.3 is 11.9 Å². The molecule has 1 aromatic heterocycles. The van der Waals surface area contributed by atoms with Gasteiger partial charge in [-0.1, -0.05) is 60.6 Å². The van der Waals surface area contributed by atoms with Gasteiger partial charge < -0.3 is 9.47 Å². The zero-order chi connectivity index (χ0) is 32.3. The van der Waals surface area contributed by atoms with Crippen LogP contribution in [0.3, 0.4) is 0 Å². The smallest absolute Gasteiger partial charge is 0.322 e. The molecule has 6 nitrogen and oxygen atoms in total. The summed E-state index contributed by atoms with van der Waals surface area (Å²) >= 11 is 0. The Bertz CT molecular complexity index is 1630. The van der Waals surface area contributed by atoms with Crippen molar-refractivity contribution < 1.29 is 19.1 Å². The Morgan fingerprint density at radius 3 is 2.18 bits per heavy atom. The van der Waals surface area contributed by atoms with Gasteiger partial charge in [0.2, 0.25) is 0 Å². The van der Waals surface area contributed by atoms with Gasteiger partial charge in [0.1, 0.15) is 11.5 Å². The molecule has 5 aliphatic rings. The first-order valence-electron chi connectivity index (χ1n) is 17.4. The SMILES string of the molecule is COC(=O)[C@@]12CC[C@]3(C)[C@H](CC[C@@H]4[C@@]5(C)CCC(OC(C)=O)C(C)(C)[C@@H]5CC[C@]43C)C1=C(C(C)C)c1nc3ccccc3nc12. The molecule has 1 unspecified atom stereocenters. The van der Waals surface area contributed by atoms with E-state index in [-0.39, 0.29) is 51.5 Å². The Morgan fingerprint density at radius 1 is 0.844 bits per heavy atom. The summed E-state index contributed by atoms with van der Waals surface area (Å²) in [5.74, 6) is 1.20. The fourth-order valence-corrected chi connectivity index (χ4v) is 12.5. The molecular formula is C39H52N2O4. The Balaban J connectivity index is 1.36. The van der Waals surface area contributed by atoms with Crippen LogP contribution in [-0.2, 0) is 24.5 Å². The maximum Gasteiger partial charge on any atom is 0.322 e. The van der Waals surface area contributed by atoms with Gasteiger partial charge in [0.25, 0.3) is 0 Å². The van der Waals surface area contributed by atoms with E-state index in [2.05, 4.69) is 48.5 Å². The third-order valence-electron chi connectivity index (χ3n) is 14.6. The van der Waals surface area contributed by atoms with E-state index in [4.69, 9.17) is 19.4 Å². The molecule has 0 N–H and O–H groups in total. The predicted molar refractivity (Wildman–Crippen MR) is 176 cm³/mol. The number of esters is 2. The minimum absolute atomic E-state index is 0.0222. The summed E-state index contributed by atoms with van der Waals surface area (Å²) in [6, 6.07) is 8.06. The lowest BCUT2D eigenvalue weighted by molar-refractivity contribution is -0.231. The van der Waals surface area contributed by atoms with Gasteiger partial charge in [-0.3, -0.25) is 9.59 Å². The quantitative estimate of drug-likeness (QED) is 0.324. The van der Waals surface area contributed by atoms with Gasteiger partial charge in [0.15, 0.2) is 0 Å². The van der Waals surface area contributed by atoms with E-state index in [0.29, 0.717) is 18.3 Å². The molecule has 1 aromatic carbocycles. The number of fused-ring (bicyclic) bond motifs is 10. The van der Waals surface area contributed by atoms with Gasteiger partial charge in [-0.25, -0.2) is 9.97 Å². The van der Waals surface area contributed by atoms with Crippen molar-refractivity contribution in [3.63, 3.8) is 0 Å². The zero-order valence-corrected chi connectivity index (χ0v) is 28.9. The Hall–Kier alpha value is -2.76. The molecule has 45 heavy (non-hydrogen) atoms. The van der Waals surface area contributed by atoms with Crippen LogP contribution >= 0.6 is 0 Å². The standard InChI is InChI=1S/C39H52N2O4/c1-22(2)30-31-24-14-15-28-36(6)18-17-29(45-23(3)42)35(4,5)27(36)16-19-38(28,8)37(24,7)20-21-39(31,34(43)44-9)33-32(30)40-25-12-10-11-13-26(25)41-33/h10-13,22,24,27-29H,14-21H2,1-9H3/t24-,27+,28-,29?,36+,37-,38-,39+/m1/s1. The average Bonchev–Trinajstić information content (AvgIpc) is 3.27. The summed E-state index contributed by atoms with van der Waals surface area (Å²) in [6.45, 7) is 18.5. The molecule has 0 spiro atoms. The van der Waals surface area contributed by atoms with Crippen LogP contribution in [-0.4, -0.2) is 35.1 Å². The Morgan fingerprint density at radius 2 is 1.53 bits per heavy atom. The molecular weight excluding hydrogens is 560 g/mol. The Kier molecular flexibility index (Phi) is 6.77. The van der Waals surface area contributed by atoms with Crippen molar-refractivity contribution in [2.45, 2.75) is 118 Å². The van der Waals surface area contributed by atoms with Gasteiger partial charge in [-0.05, 0) is 115 Å². The number of hydrogen-bond acceptors (Lipinski definition) is 6. The van der Waals surface area contributed by atoms with Crippen molar-refractivity contribution in [2.24, 2.45) is 45.3 Å². The number of carbonyl (C=O) groups is 2. The highest BCUT2D eigenvalue weighted by Crippen LogP contribution is 2.77. The minimum Gasteiger partial charge on any atom is -0.468 e. The number of para-hydroxylation sites is 2. The van der Waals surface area contributed by atoms with Crippen LogP contribution < -0.4 is 0 Å². The first-order valence-corrected chi connectivity index (χ1v) is 17.4. The van der Waals surface area contributed by atoms with Crippen molar-refractivity contribution in [2.75, 3.05) is 7.11 Å². The van der Waals surface area contributed by atoms with Gasteiger partial charge in [0, 0.05) is 12.3 Å². The number of nitrogens with zero attached hydrogens (tertiary/aromatic N) is 2. The second kappa shape index (κ2) is 9.87. The van der Waals surface area contributed by atoms with Crippen LogP contribution in [0, 0.1) is 45.3 Å². The van der Waals surface area contributed by atoms with Crippen LogP contribution in [0.2, 0.25) is 0 Å². The number of allylic oxidation sites excluding steroid dienone is 1. The highest BCUT2D eigenvalue weighted by atomic mass is 16.5. The van der Waals surface area contributed by atoms with E-state index in [1.54, 1.807) is 6.92 Å². The van der Waals surface area contributed by atoms with Gasteiger partial charge in [-0.15, -0.1) is 0 Å². The van der Waals surface area contributed by atoms with E-state index in [9.17, 15) is 9.59 Å². The van der Waals surface area contributed by atoms with Crippen LogP contribution in [0.15, 0.2) is 29.8 Å². The summed E-state index contributed by atoms with van der Waals surface area (Å²) in [6.07, 6.45) is 8.18. The summed E-state index contributed by atoms with van der Waals surface area (Å²) in [4.78, 5) is 36.8. The number of aromatic nitrogens is 2. The van der Waals surface area contributed by atoms with Gasteiger partial charge in [0.05, 0.1) is 29.5 Å². The largest absolute Gasteiger partial charge is 0.468 e. The summed E-state index contributed by atoms with van der Waals surface area (Å²) in [5.41, 5.74) is 5.33. The molecule has 7 rings (SSSR count). The normalized spacial score (nSPS) is 39.8. The van der Waals surface area contributed by atoms with E-state index in [0.717, 1.165) is 67.4 Å². The highest BCUT2D eigenvalue weighted by Gasteiger charge is 2.71. The van der Waals surface area contributed by atoms with Gasteiger partial charge in [-0.2, -0.15) is 0 Å². The van der Waals surface area contributed by atoms with Crippen molar-refractivity contribution in [3.05, 3.63) is 41.2 Å². The second-order valence-corrected chi connectivity index (χ2v) is 16.9. The number of methoxy groups -OCH3 is 1. The molecule has 1 heterocycles. The van der Waals surface area contributed by atoms with E-state index < -0.39 is 5.41 Å². The average molecular weight is 613 g/mol. The third kappa shape index (κ3) is 3.80. The molecule has 242 valence electrons. The Labute approximate surface area is 269 Å². The molecule has 0 amide bonds. The molecule has 4 saturated carbocycles. The van der Waals surface area contributed by atoms with Crippen molar-refractivity contribution >= 4 is 28.5 Å². The summed E-state index contributed by atoms with van der Waals surface area (Å²) < 4.78 is 11.7. The van der Waals surface area contributed by atoms with Crippen LogP contribution in [0.4, 0.5) is 0 Å². The minimum atomic E-state index is -0.876. The molecule has 8 atom stereocenters. The summed E-state index contributed by atoms with van der Waals surface area (Å²) in [7, 11) is 1.54. The third-order valence-corrected chi connectivity index (χ3v) is 14.6. The van der Waals surface area contributed by atoms with E-state index in [1.807, 2.05) is 24.3 Å². The molecule has 0 bridgehead atoms. The molecule has 0 saturated heterocycles. The van der Waals surface area contributed by atoms with Crippen LogP contribution in [0.25, 0.3) is 16.6 Å². The molecule has 0 radical (unpaired) electrons.